The fourth-order valence-corrected chi connectivity index (χ4v) is 2.59. The van der Waals surface area contributed by atoms with Crippen molar-refractivity contribution >= 4 is 11.8 Å². The minimum Gasteiger partial charge on any atom is -0.355 e. The number of halogens is 3. The molecule has 0 bridgehead atoms. The summed E-state index contributed by atoms with van der Waals surface area (Å²) < 4.78 is 37.6. The van der Waals surface area contributed by atoms with Gasteiger partial charge in [-0.15, -0.1) is 0 Å². The molecule has 1 aromatic rings. The van der Waals surface area contributed by atoms with E-state index in [4.69, 9.17) is 0 Å². The van der Waals surface area contributed by atoms with E-state index in [0.717, 1.165) is 12.1 Å². The first-order valence-electron chi connectivity index (χ1n) is 7.32. The molecule has 1 saturated heterocycles. The molecule has 0 aromatic heterocycles. The van der Waals surface area contributed by atoms with Crippen molar-refractivity contribution in [2.45, 2.75) is 38.4 Å². The molecule has 2 N–H and O–H groups in total. The molecule has 23 heavy (non-hydrogen) atoms. The van der Waals surface area contributed by atoms with E-state index in [-0.39, 0.29) is 18.2 Å². The highest BCUT2D eigenvalue weighted by Crippen LogP contribution is 2.29. The molecule has 0 radical (unpaired) electrons. The van der Waals surface area contributed by atoms with Crippen molar-refractivity contribution in [2.24, 2.45) is 5.92 Å². The summed E-state index contributed by atoms with van der Waals surface area (Å²) in [5, 5.41) is 5.46. The minimum absolute atomic E-state index is 0.148. The maximum atomic E-state index is 12.5. The first kappa shape index (κ1) is 17.3. The average Bonchev–Trinajstić information content (AvgIpc) is 2.84. The largest absolute Gasteiger partial charge is 0.416 e. The van der Waals surface area contributed by atoms with Crippen LogP contribution in [0.4, 0.5) is 13.2 Å². The van der Waals surface area contributed by atoms with Crippen molar-refractivity contribution < 1.29 is 22.8 Å². The molecular formula is C16H19F3N2O2. The third-order valence-corrected chi connectivity index (χ3v) is 3.74. The lowest BCUT2D eigenvalue weighted by Crippen LogP contribution is -2.48. The van der Waals surface area contributed by atoms with Crippen molar-refractivity contribution in [2.75, 3.05) is 6.54 Å². The maximum absolute atomic E-state index is 12.5. The van der Waals surface area contributed by atoms with Gasteiger partial charge in [0, 0.05) is 18.5 Å². The first-order valence-corrected chi connectivity index (χ1v) is 7.32. The number of hydrogen-bond acceptors (Lipinski definition) is 2. The van der Waals surface area contributed by atoms with Gasteiger partial charge in [0.05, 0.1) is 11.5 Å². The van der Waals surface area contributed by atoms with Crippen LogP contribution in [0.25, 0.3) is 0 Å². The Morgan fingerprint density at radius 1 is 1.26 bits per heavy atom. The van der Waals surface area contributed by atoms with Gasteiger partial charge in [-0.3, -0.25) is 9.59 Å². The Bertz CT molecular complexity index is 594. The quantitative estimate of drug-likeness (QED) is 0.891. The molecule has 2 amide bonds. The van der Waals surface area contributed by atoms with E-state index in [1.165, 1.54) is 12.1 Å². The third-order valence-electron chi connectivity index (χ3n) is 3.74. The minimum atomic E-state index is -4.36. The number of alkyl halides is 3. The summed E-state index contributed by atoms with van der Waals surface area (Å²) in [6.07, 6.45) is -3.79. The molecule has 0 unspecified atom stereocenters. The molecule has 2 rings (SSSR count). The summed E-state index contributed by atoms with van der Waals surface area (Å²) in [7, 11) is 0. The van der Waals surface area contributed by atoms with Gasteiger partial charge in [-0.1, -0.05) is 12.1 Å². The van der Waals surface area contributed by atoms with Gasteiger partial charge < -0.3 is 10.6 Å². The molecule has 1 aliphatic rings. The van der Waals surface area contributed by atoms with Gasteiger partial charge in [0.25, 0.3) is 0 Å². The second kappa shape index (κ2) is 6.22. The van der Waals surface area contributed by atoms with E-state index in [1.54, 1.807) is 13.8 Å². The molecule has 1 aromatic carbocycles. The van der Waals surface area contributed by atoms with Crippen molar-refractivity contribution in [3.8, 4) is 0 Å². The monoisotopic (exact) mass is 328 g/mol. The van der Waals surface area contributed by atoms with Gasteiger partial charge in [-0.05, 0) is 38.0 Å². The van der Waals surface area contributed by atoms with Crippen molar-refractivity contribution in [3.63, 3.8) is 0 Å². The Kier molecular flexibility index (Phi) is 4.68. The zero-order valence-electron chi connectivity index (χ0n) is 13.0. The molecule has 126 valence electrons. The van der Waals surface area contributed by atoms with Crippen LogP contribution in [0.3, 0.4) is 0 Å². The fourth-order valence-electron chi connectivity index (χ4n) is 2.59. The van der Waals surface area contributed by atoms with Crippen LogP contribution in [0.5, 0.6) is 0 Å². The average molecular weight is 328 g/mol. The van der Waals surface area contributed by atoms with Crippen LogP contribution in [-0.2, 0) is 22.2 Å². The van der Waals surface area contributed by atoms with Crippen molar-refractivity contribution in [3.05, 3.63) is 35.4 Å². The van der Waals surface area contributed by atoms with E-state index in [1.807, 2.05) is 0 Å². The molecule has 0 spiro atoms. The molecule has 7 heteroatoms. The Morgan fingerprint density at radius 3 is 2.35 bits per heavy atom. The summed E-state index contributed by atoms with van der Waals surface area (Å²) >= 11 is 0. The zero-order valence-corrected chi connectivity index (χ0v) is 13.0. The zero-order chi connectivity index (χ0) is 17.3. The topological polar surface area (TPSA) is 58.2 Å². The van der Waals surface area contributed by atoms with Crippen LogP contribution in [0.1, 0.15) is 31.4 Å². The first-order chi connectivity index (χ1) is 10.6. The van der Waals surface area contributed by atoms with Gasteiger partial charge in [-0.2, -0.15) is 13.2 Å². The van der Waals surface area contributed by atoms with Gasteiger partial charge in [-0.25, -0.2) is 0 Å². The van der Waals surface area contributed by atoms with E-state index in [2.05, 4.69) is 10.6 Å². The smallest absolute Gasteiger partial charge is 0.355 e. The van der Waals surface area contributed by atoms with E-state index >= 15 is 0 Å². The second-order valence-electron chi connectivity index (χ2n) is 6.45. The standard InChI is InChI=1S/C16H19F3N2O2/c1-15(2,21-14(23)11-7-13(22)20-9-11)8-10-3-5-12(6-4-10)16(17,18)19/h3-6,11H,7-9H2,1-2H3,(H,20,22)(H,21,23)/t11-/m0/s1. The summed E-state index contributed by atoms with van der Waals surface area (Å²) in [6.45, 7) is 3.92. The maximum Gasteiger partial charge on any atom is 0.416 e. The third kappa shape index (κ3) is 4.71. The van der Waals surface area contributed by atoms with Gasteiger partial charge in [0.2, 0.25) is 11.8 Å². The lowest BCUT2D eigenvalue weighted by atomic mass is 9.93. The number of nitrogens with one attached hydrogen (secondary N) is 2. The Balaban J connectivity index is 1.97. The van der Waals surface area contributed by atoms with Crippen LogP contribution >= 0.6 is 0 Å². The fraction of sp³-hybridized carbons (Fsp3) is 0.500. The summed E-state index contributed by atoms with van der Waals surface area (Å²) in [4.78, 5) is 23.3. The van der Waals surface area contributed by atoms with E-state index < -0.39 is 23.2 Å². The molecule has 0 saturated carbocycles. The molecule has 0 aliphatic carbocycles. The Morgan fingerprint density at radius 2 is 1.87 bits per heavy atom. The van der Waals surface area contributed by atoms with E-state index in [0.29, 0.717) is 18.5 Å². The molecular weight excluding hydrogens is 309 g/mol. The van der Waals surface area contributed by atoms with E-state index in [9.17, 15) is 22.8 Å². The highest BCUT2D eigenvalue weighted by molar-refractivity contribution is 5.89. The van der Waals surface area contributed by atoms with Gasteiger partial charge >= 0.3 is 6.18 Å². The van der Waals surface area contributed by atoms with Crippen LogP contribution in [-0.4, -0.2) is 23.9 Å². The van der Waals surface area contributed by atoms with Gasteiger partial charge in [0.15, 0.2) is 0 Å². The predicted molar refractivity (Wildman–Crippen MR) is 78.5 cm³/mol. The van der Waals surface area contributed by atoms with Crippen LogP contribution in [0, 0.1) is 5.92 Å². The Labute approximate surface area is 132 Å². The van der Waals surface area contributed by atoms with Crippen LogP contribution in [0.2, 0.25) is 0 Å². The predicted octanol–water partition coefficient (Wildman–Crippen LogP) is 2.28. The summed E-state index contributed by atoms with van der Waals surface area (Å²) in [5.74, 6) is -0.764. The lowest BCUT2D eigenvalue weighted by Gasteiger charge is -2.28. The normalized spacial score (nSPS) is 18.7. The SMILES string of the molecule is CC(C)(Cc1ccc(C(F)(F)F)cc1)NC(=O)[C@@H]1CNC(=O)C1. The molecule has 1 aliphatic heterocycles. The van der Waals surface area contributed by atoms with Crippen molar-refractivity contribution in [1.82, 2.24) is 10.6 Å². The number of hydrogen-bond donors (Lipinski definition) is 2. The summed E-state index contributed by atoms with van der Waals surface area (Å²) in [5.41, 5.74) is -0.620. The molecule has 1 heterocycles. The van der Waals surface area contributed by atoms with Crippen molar-refractivity contribution in [1.29, 1.82) is 0 Å². The number of amides is 2. The molecule has 1 atom stereocenters. The molecule has 1 fully saturated rings. The lowest BCUT2D eigenvalue weighted by molar-refractivity contribution is -0.137. The second-order valence-corrected chi connectivity index (χ2v) is 6.45. The number of benzene rings is 1. The van der Waals surface area contributed by atoms with Crippen LogP contribution in [0.15, 0.2) is 24.3 Å². The Hall–Kier alpha value is -2.05. The highest BCUT2D eigenvalue weighted by atomic mass is 19.4. The van der Waals surface area contributed by atoms with Crippen LogP contribution < -0.4 is 10.6 Å². The molecule has 4 nitrogen and oxygen atoms in total. The highest BCUT2D eigenvalue weighted by Gasteiger charge is 2.32. The number of carbonyl (C=O) groups is 2. The number of rotatable bonds is 4. The summed E-state index contributed by atoms with van der Waals surface area (Å²) in [6, 6.07) is 4.90. The number of carbonyl (C=O) groups excluding carboxylic acids is 2. The van der Waals surface area contributed by atoms with Gasteiger partial charge in [0.1, 0.15) is 0 Å².